The normalized spacial score (nSPS) is 10.8. The molecule has 0 saturated heterocycles. The van der Waals surface area contributed by atoms with Gasteiger partial charge in [0, 0.05) is 26.3 Å². The van der Waals surface area contributed by atoms with E-state index < -0.39 is 0 Å². The van der Waals surface area contributed by atoms with Crippen molar-refractivity contribution in [1.82, 2.24) is 4.98 Å². The third-order valence-electron chi connectivity index (χ3n) is 3.02. The second kappa shape index (κ2) is 4.98. The molecule has 3 rings (SSSR count). The fourth-order valence-electron chi connectivity index (χ4n) is 2.07. The Morgan fingerprint density at radius 2 is 1.84 bits per heavy atom. The first-order chi connectivity index (χ1) is 9.16. The van der Waals surface area contributed by atoms with Crippen LogP contribution in [0.2, 0.25) is 5.02 Å². The number of hydrogen-bond acceptors (Lipinski definition) is 1. The van der Waals surface area contributed by atoms with Crippen LogP contribution in [0.1, 0.15) is 15.9 Å². The minimum atomic E-state index is 0.000478. The molecule has 0 bridgehead atoms. The van der Waals surface area contributed by atoms with Crippen molar-refractivity contribution >= 4 is 50.9 Å². The van der Waals surface area contributed by atoms with Gasteiger partial charge in [0.15, 0.2) is 5.78 Å². The van der Waals surface area contributed by atoms with Crippen LogP contribution in [0, 0.1) is 3.57 Å². The minimum Gasteiger partial charge on any atom is -0.359 e. The zero-order valence-electron chi connectivity index (χ0n) is 9.78. The van der Waals surface area contributed by atoms with Gasteiger partial charge in [0.2, 0.25) is 0 Å². The van der Waals surface area contributed by atoms with Crippen LogP contribution in [0.15, 0.2) is 48.7 Å². The molecule has 3 aromatic rings. The van der Waals surface area contributed by atoms with Crippen molar-refractivity contribution in [2.24, 2.45) is 0 Å². The molecule has 0 radical (unpaired) electrons. The highest BCUT2D eigenvalue weighted by Crippen LogP contribution is 2.26. The Balaban J connectivity index is 2.14. The van der Waals surface area contributed by atoms with Crippen molar-refractivity contribution in [2.75, 3.05) is 0 Å². The predicted molar refractivity (Wildman–Crippen MR) is 85.9 cm³/mol. The van der Waals surface area contributed by atoms with Gasteiger partial charge in [0.25, 0.3) is 0 Å². The highest BCUT2D eigenvalue weighted by molar-refractivity contribution is 14.1. The third kappa shape index (κ3) is 2.28. The molecule has 94 valence electrons. The van der Waals surface area contributed by atoms with Gasteiger partial charge in [-0.15, -0.1) is 0 Å². The lowest BCUT2D eigenvalue weighted by Gasteiger charge is -2.03. The maximum atomic E-state index is 12.5. The summed E-state index contributed by atoms with van der Waals surface area (Å²) >= 11 is 8.29. The Morgan fingerprint density at radius 1 is 1.11 bits per heavy atom. The monoisotopic (exact) mass is 381 g/mol. The van der Waals surface area contributed by atoms with E-state index in [4.69, 9.17) is 11.6 Å². The van der Waals surface area contributed by atoms with Gasteiger partial charge >= 0.3 is 0 Å². The van der Waals surface area contributed by atoms with Gasteiger partial charge < -0.3 is 4.98 Å². The Labute approximate surface area is 128 Å². The smallest absolute Gasteiger partial charge is 0.195 e. The fourth-order valence-corrected chi connectivity index (χ4v) is 2.64. The summed E-state index contributed by atoms with van der Waals surface area (Å²) in [5.41, 5.74) is 2.11. The third-order valence-corrected chi connectivity index (χ3v) is 4.05. The average Bonchev–Trinajstić information content (AvgIpc) is 2.81. The Bertz CT molecular complexity index is 761. The van der Waals surface area contributed by atoms with Crippen molar-refractivity contribution in [3.8, 4) is 0 Å². The van der Waals surface area contributed by atoms with E-state index in [1.165, 1.54) is 0 Å². The van der Waals surface area contributed by atoms with Crippen LogP contribution in [-0.2, 0) is 0 Å². The zero-order valence-corrected chi connectivity index (χ0v) is 12.7. The SMILES string of the molecule is O=C(c1ccc(I)cc1)c1cccc2c(Cl)c[nH]c12. The van der Waals surface area contributed by atoms with Gasteiger partial charge in [-0.05, 0) is 52.9 Å². The van der Waals surface area contributed by atoms with Crippen LogP contribution in [0.25, 0.3) is 10.9 Å². The molecule has 19 heavy (non-hydrogen) atoms. The summed E-state index contributed by atoms with van der Waals surface area (Å²) in [5, 5.41) is 1.50. The van der Waals surface area contributed by atoms with Crippen LogP contribution >= 0.6 is 34.2 Å². The molecule has 0 aliphatic carbocycles. The molecule has 1 N–H and O–H groups in total. The van der Waals surface area contributed by atoms with Crippen molar-refractivity contribution in [2.45, 2.75) is 0 Å². The molecular formula is C15H9ClINO. The number of halogens is 2. The second-order valence-electron chi connectivity index (χ2n) is 4.20. The van der Waals surface area contributed by atoms with Gasteiger partial charge in [-0.2, -0.15) is 0 Å². The number of aromatic amines is 1. The highest BCUT2D eigenvalue weighted by Gasteiger charge is 2.14. The van der Waals surface area contributed by atoms with Crippen LogP contribution in [0.3, 0.4) is 0 Å². The summed E-state index contributed by atoms with van der Waals surface area (Å²) in [6.45, 7) is 0. The number of rotatable bonds is 2. The van der Waals surface area contributed by atoms with Gasteiger partial charge in [-0.1, -0.05) is 23.7 Å². The number of benzene rings is 2. The molecule has 0 atom stereocenters. The average molecular weight is 382 g/mol. The number of para-hydroxylation sites is 1. The molecular weight excluding hydrogens is 373 g/mol. The Morgan fingerprint density at radius 3 is 2.58 bits per heavy atom. The first-order valence-electron chi connectivity index (χ1n) is 5.72. The van der Waals surface area contributed by atoms with E-state index >= 15 is 0 Å². The topological polar surface area (TPSA) is 32.9 Å². The number of carbonyl (C=O) groups excluding carboxylic acids is 1. The molecule has 1 heterocycles. The summed E-state index contributed by atoms with van der Waals surface area (Å²) in [7, 11) is 0. The van der Waals surface area contributed by atoms with E-state index in [0.717, 1.165) is 14.5 Å². The maximum absolute atomic E-state index is 12.5. The molecule has 4 heteroatoms. The lowest BCUT2D eigenvalue weighted by Crippen LogP contribution is -2.02. The highest BCUT2D eigenvalue weighted by atomic mass is 127. The molecule has 1 aromatic heterocycles. The van der Waals surface area contributed by atoms with E-state index in [-0.39, 0.29) is 5.78 Å². The Hall–Kier alpha value is -1.33. The maximum Gasteiger partial charge on any atom is 0.195 e. The van der Waals surface area contributed by atoms with E-state index in [2.05, 4.69) is 27.6 Å². The van der Waals surface area contributed by atoms with Crippen molar-refractivity contribution < 1.29 is 4.79 Å². The number of aromatic nitrogens is 1. The van der Waals surface area contributed by atoms with Crippen LogP contribution < -0.4 is 0 Å². The zero-order chi connectivity index (χ0) is 13.4. The molecule has 0 saturated carbocycles. The van der Waals surface area contributed by atoms with E-state index in [9.17, 15) is 4.79 Å². The molecule has 0 spiro atoms. The van der Waals surface area contributed by atoms with Crippen molar-refractivity contribution in [3.63, 3.8) is 0 Å². The number of fused-ring (bicyclic) bond motifs is 1. The molecule has 2 nitrogen and oxygen atoms in total. The first-order valence-corrected chi connectivity index (χ1v) is 7.18. The van der Waals surface area contributed by atoms with Gasteiger partial charge in [0.05, 0.1) is 10.5 Å². The van der Waals surface area contributed by atoms with Crippen LogP contribution in [-0.4, -0.2) is 10.8 Å². The summed E-state index contributed by atoms with van der Waals surface area (Å²) in [6.07, 6.45) is 1.71. The molecule has 0 amide bonds. The van der Waals surface area contributed by atoms with Crippen LogP contribution in [0.4, 0.5) is 0 Å². The van der Waals surface area contributed by atoms with Crippen molar-refractivity contribution in [1.29, 1.82) is 0 Å². The molecule has 0 aliphatic rings. The quantitative estimate of drug-likeness (QED) is 0.508. The van der Waals surface area contributed by atoms with Gasteiger partial charge in [-0.3, -0.25) is 4.79 Å². The minimum absolute atomic E-state index is 0.000478. The first kappa shape index (κ1) is 12.7. The Kier molecular flexibility index (Phi) is 3.33. The standard InChI is InChI=1S/C15H9ClINO/c16-13-8-18-14-11(13)2-1-3-12(14)15(19)9-4-6-10(17)7-5-9/h1-8,18H. The molecule has 0 unspecified atom stereocenters. The number of hydrogen-bond donors (Lipinski definition) is 1. The summed E-state index contributed by atoms with van der Waals surface area (Å²) in [6, 6.07) is 13.1. The lowest BCUT2D eigenvalue weighted by atomic mass is 10.0. The number of H-pyrrole nitrogens is 1. The largest absolute Gasteiger partial charge is 0.359 e. The van der Waals surface area contributed by atoms with Crippen molar-refractivity contribution in [3.05, 3.63) is 68.4 Å². The second-order valence-corrected chi connectivity index (χ2v) is 5.85. The summed E-state index contributed by atoms with van der Waals surface area (Å²) < 4.78 is 1.11. The van der Waals surface area contributed by atoms with Gasteiger partial charge in [0.1, 0.15) is 0 Å². The number of carbonyl (C=O) groups is 1. The lowest BCUT2D eigenvalue weighted by molar-refractivity contribution is 0.104. The van der Waals surface area contributed by atoms with Crippen LogP contribution in [0.5, 0.6) is 0 Å². The summed E-state index contributed by atoms with van der Waals surface area (Å²) in [4.78, 5) is 15.6. The number of ketones is 1. The molecule has 0 aliphatic heterocycles. The summed E-state index contributed by atoms with van der Waals surface area (Å²) in [5.74, 6) is 0.000478. The van der Waals surface area contributed by atoms with E-state index in [1.807, 2.05) is 42.5 Å². The fraction of sp³-hybridized carbons (Fsp3) is 0. The molecule has 2 aromatic carbocycles. The van der Waals surface area contributed by atoms with Gasteiger partial charge in [-0.25, -0.2) is 0 Å². The van der Waals surface area contributed by atoms with E-state index in [1.54, 1.807) is 6.20 Å². The predicted octanol–water partition coefficient (Wildman–Crippen LogP) is 4.66. The van der Waals surface area contributed by atoms with E-state index in [0.29, 0.717) is 16.1 Å². The molecule has 0 fully saturated rings. The number of nitrogens with one attached hydrogen (secondary N) is 1.